The van der Waals surface area contributed by atoms with E-state index in [1.807, 2.05) is 13.8 Å². The zero-order valence-corrected chi connectivity index (χ0v) is 8.71. The summed E-state index contributed by atoms with van der Waals surface area (Å²) in [4.78, 5) is 32.2. The highest BCUT2D eigenvalue weighted by Gasteiger charge is 2.09. The molecule has 0 aliphatic rings. The van der Waals surface area contributed by atoms with E-state index in [1.165, 1.54) is 0 Å². The van der Waals surface area contributed by atoms with Crippen LogP contribution in [0.5, 0.6) is 0 Å². The van der Waals surface area contributed by atoms with Gasteiger partial charge in [-0.2, -0.15) is 0 Å². The van der Waals surface area contributed by atoms with Gasteiger partial charge in [-0.25, -0.2) is 0 Å². The number of ketones is 1. The van der Waals surface area contributed by atoms with Crippen molar-refractivity contribution < 1.29 is 14.4 Å². The highest BCUT2D eigenvalue weighted by atomic mass is 16.2. The van der Waals surface area contributed by atoms with Gasteiger partial charge in [0.2, 0.25) is 5.91 Å². The predicted molar refractivity (Wildman–Crippen MR) is 52.8 cm³/mol. The Bertz CT molecular complexity index is 211. The maximum atomic E-state index is 11.1. The van der Waals surface area contributed by atoms with Crippen LogP contribution in [-0.4, -0.2) is 24.0 Å². The van der Waals surface area contributed by atoms with Crippen molar-refractivity contribution in [3.8, 4) is 0 Å². The van der Waals surface area contributed by atoms with Crippen molar-refractivity contribution >= 4 is 18.0 Å². The molecule has 1 N–H and O–H groups in total. The first-order valence-corrected chi connectivity index (χ1v) is 4.81. The SMILES string of the molecule is CC(C)NC(=O)CC(=O)CCCC=O. The number of hydrogen-bond donors (Lipinski definition) is 1. The van der Waals surface area contributed by atoms with Crippen molar-refractivity contribution in [2.45, 2.75) is 45.6 Å². The van der Waals surface area contributed by atoms with Gasteiger partial charge in [0.25, 0.3) is 0 Å². The molecular formula is C10H17NO3. The molecule has 0 aromatic carbocycles. The van der Waals surface area contributed by atoms with Gasteiger partial charge in [-0.3, -0.25) is 9.59 Å². The average Bonchev–Trinajstić information content (AvgIpc) is 2.02. The van der Waals surface area contributed by atoms with Gasteiger partial charge in [0, 0.05) is 18.9 Å². The Kier molecular flexibility index (Phi) is 6.62. The third-order valence-electron chi connectivity index (χ3n) is 1.58. The van der Waals surface area contributed by atoms with Crippen LogP contribution in [0.4, 0.5) is 0 Å². The number of unbranched alkanes of at least 4 members (excludes halogenated alkanes) is 1. The molecule has 0 heterocycles. The molecule has 0 fully saturated rings. The van der Waals surface area contributed by atoms with E-state index in [0.717, 1.165) is 6.29 Å². The number of aldehydes is 1. The van der Waals surface area contributed by atoms with Gasteiger partial charge >= 0.3 is 0 Å². The Morgan fingerprint density at radius 2 is 2.00 bits per heavy atom. The second-order valence-electron chi connectivity index (χ2n) is 3.50. The van der Waals surface area contributed by atoms with Crippen LogP contribution in [0, 0.1) is 0 Å². The van der Waals surface area contributed by atoms with Crippen LogP contribution in [0.2, 0.25) is 0 Å². The third-order valence-corrected chi connectivity index (χ3v) is 1.58. The van der Waals surface area contributed by atoms with E-state index in [2.05, 4.69) is 5.32 Å². The fourth-order valence-electron chi connectivity index (χ4n) is 1.02. The number of carbonyl (C=O) groups excluding carboxylic acids is 3. The molecule has 0 bridgehead atoms. The molecule has 14 heavy (non-hydrogen) atoms. The summed E-state index contributed by atoms with van der Waals surface area (Å²) in [6.45, 7) is 3.68. The van der Waals surface area contributed by atoms with Gasteiger partial charge in [0.15, 0.2) is 0 Å². The standard InChI is InChI=1S/C10H17NO3/c1-8(2)11-10(14)7-9(13)5-3-4-6-12/h6,8H,3-5,7H2,1-2H3,(H,11,14). The number of rotatable bonds is 7. The van der Waals surface area contributed by atoms with Crippen molar-refractivity contribution in [2.24, 2.45) is 0 Å². The van der Waals surface area contributed by atoms with Crippen LogP contribution in [0.1, 0.15) is 39.5 Å². The van der Waals surface area contributed by atoms with Gasteiger partial charge in [-0.05, 0) is 20.3 Å². The Balaban J connectivity index is 3.60. The summed E-state index contributed by atoms with van der Waals surface area (Å²) in [6, 6.07) is 0.0604. The predicted octanol–water partition coefficient (Wildman–Crippen LogP) is 0.839. The van der Waals surface area contributed by atoms with Crippen molar-refractivity contribution in [3.63, 3.8) is 0 Å². The minimum Gasteiger partial charge on any atom is -0.354 e. The molecule has 0 spiro atoms. The molecule has 80 valence electrons. The summed E-state index contributed by atoms with van der Waals surface area (Å²) < 4.78 is 0. The number of carbonyl (C=O) groups is 3. The lowest BCUT2D eigenvalue weighted by Gasteiger charge is -2.06. The molecule has 0 radical (unpaired) electrons. The summed E-state index contributed by atoms with van der Waals surface area (Å²) in [5.41, 5.74) is 0. The second kappa shape index (κ2) is 7.24. The molecule has 0 aromatic rings. The summed E-state index contributed by atoms with van der Waals surface area (Å²) >= 11 is 0. The molecule has 0 atom stereocenters. The minimum atomic E-state index is -0.240. The summed E-state index contributed by atoms with van der Waals surface area (Å²) in [5, 5.41) is 2.63. The first kappa shape index (κ1) is 12.8. The maximum Gasteiger partial charge on any atom is 0.227 e. The lowest BCUT2D eigenvalue weighted by molar-refractivity contribution is -0.128. The zero-order chi connectivity index (χ0) is 11.0. The zero-order valence-electron chi connectivity index (χ0n) is 8.71. The fourth-order valence-corrected chi connectivity index (χ4v) is 1.02. The van der Waals surface area contributed by atoms with E-state index in [1.54, 1.807) is 0 Å². The van der Waals surface area contributed by atoms with E-state index in [9.17, 15) is 14.4 Å². The van der Waals surface area contributed by atoms with Gasteiger partial charge in [-0.1, -0.05) is 0 Å². The average molecular weight is 199 g/mol. The Hall–Kier alpha value is -1.19. The van der Waals surface area contributed by atoms with Gasteiger partial charge in [0.05, 0.1) is 6.42 Å². The summed E-state index contributed by atoms with van der Waals surface area (Å²) in [6.07, 6.45) is 1.94. The minimum absolute atomic E-state index is 0.0604. The van der Waals surface area contributed by atoms with Crippen LogP contribution < -0.4 is 5.32 Å². The number of nitrogens with one attached hydrogen (secondary N) is 1. The van der Waals surface area contributed by atoms with E-state index in [0.29, 0.717) is 19.3 Å². The van der Waals surface area contributed by atoms with E-state index in [-0.39, 0.29) is 24.2 Å². The molecule has 0 unspecified atom stereocenters. The van der Waals surface area contributed by atoms with E-state index >= 15 is 0 Å². The Morgan fingerprint density at radius 1 is 1.36 bits per heavy atom. The lowest BCUT2D eigenvalue weighted by atomic mass is 10.1. The Labute approximate surface area is 84.1 Å². The van der Waals surface area contributed by atoms with Crippen molar-refractivity contribution in [1.29, 1.82) is 0 Å². The molecular weight excluding hydrogens is 182 g/mol. The molecule has 0 saturated heterocycles. The van der Waals surface area contributed by atoms with Crippen LogP contribution in [-0.2, 0) is 14.4 Å². The van der Waals surface area contributed by atoms with Crippen molar-refractivity contribution in [3.05, 3.63) is 0 Å². The fraction of sp³-hybridized carbons (Fsp3) is 0.700. The quantitative estimate of drug-likeness (QED) is 0.375. The van der Waals surface area contributed by atoms with Gasteiger partial charge in [-0.15, -0.1) is 0 Å². The third kappa shape index (κ3) is 7.46. The van der Waals surface area contributed by atoms with Gasteiger partial charge in [0.1, 0.15) is 12.1 Å². The highest BCUT2D eigenvalue weighted by Crippen LogP contribution is 1.97. The normalized spacial score (nSPS) is 9.93. The highest BCUT2D eigenvalue weighted by molar-refractivity contribution is 5.98. The molecule has 1 amide bonds. The lowest BCUT2D eigenvalue weighted by Crippen LogP contribution is -2.31. The largest absolute Gasteiger partial charge is 0.354 e. The maximum absolute atomic E-state index is 11.1. The summed E-state index contributed by atoms with van der Waals surface area (Å²) in [7, 11) is 0. The van der Waals surface area contributed by atoms with E-state index in [4.69, 9.17) is 0 Å². The van der Waals surface area contributed by atoms with Crippen LogP contribution in [0.25, 0.3) is 0 Å². The molecule has 4 nitrogen and oxygen atoms in total. The van der Waals surface area contributed by atoms with Crippen LogP contribution >= 0.6 is 0 Å². The summed E-state index contributed by atoms with van der Waals surface area (Å²) in [5.74, 6) is -0.346. The first-order valence-electron chi connectivity index (χ1n) is 4.81. The van der Waals surface area contributed by atoms with Crippen molar-refractivity contribution in [2.75, 3.05) is 0 Å². The molecule has 0 aliphatic carbocycles. The smallest absolute Gasteiger partial charge is 0.227 e. The second-order valence-corrected chi connectivity index (χ2v) is 3.50. The molecule has 4 heteroatoms. The first-order chi connectivity index (χ1) is 6.56. The number of amides is 1. The molecule has 0 saturated carbocycles. The van der Waals surface area contributed by atoms with E-state index < -0.39 is 0 Å². The van der Waals surface area contributed by atoms with Crippen molar-refractivity contribution in [1.82, 2.24) is 5.32 Å². The molecule has 0 aliphatic heterocycles. The number of Topliss-reactive ketones (excluding diaryl/α,β-unsaturated/α-hetero) is 1. The van der Waals surface area contributed by atoms with Gasteiger partial charge < -0.3 is 10.1 Å². The monoisotopic (exact) mass is 199 g/mol. The topological polar surface area (TPSA) is 63.2 Å². The van der Waals surface area contributed by atoms with Crippen LogP contribution in [0.3, 0.4) is 0 Å². The molecule has 0 rings (SSSR count). The van der Waals surface area contributed by atoms with Crippen LogP contribution in [0.15, 0.2) is 0 Å². The Morgan fingerprint density at radius 3 is 2.50 bits per heavy atom. The molecule has 0 aromatic heterocycles. The number of hydrogen-bond acceptors (Lipinski definition) is 3.